The van der Waals surface area contributed by atoms with Crippen LogP contribution in [0.3, 0.4) is 0 Å². The van der Waals surface area contributed by atoms with Crippen molar-refractivity contribution in [2.75, 3.05) is 7.11 Å². The summed E-state index contributed by atoms with van der Waals surface area (Å²) in [6.07, 6.45) is 1.40. The van der Waals surface area contributed by atoms with Crippen LogP contribution in [-0.4, -0.2) is 22.4 Å². The second-order valence-corrected chi connectivity index (χ2v) is 7.20. The first-order valence-corrected chi connectivity index (χ1v) is 10.1. The molecule has 33 heavy (non-hydrogen) atoms. The van der Waals surface area contributed by atoms with Gasteiger partial charge in [-0.2, -0.15) is 0 Å². The Labute approximate surface area is 187 Å². The Balaban J connectivity index is 1.32. The fourth-order valence-electron chi connectivity index (χ4n) is 3.35. The Morgan fingerprint density at radius 1 is 0.909 bits per heavy atom. The van der Waals surface area contributed by atoms with Gasteiger partial charge >= 0.3 is 0 Å². The number of methoxy groups -OCH3 is 1. The molecule has 0 bridgehead atoms. The third kappa shape index (κ3) is 4.14. The Kier molecular flexibility index (Phi) is 5.24. The molecule has 0 saturated heterocycles. The van der Waals surface area contributed by atoms with Gasteiger partial charge < -0.3 is 23.4 Å². The van der Waals surface area contributed by atoms with Crippen LogP contribution in [0.5, 0.6) is 17.2 Å². The van der Waals surface area contributed by atoms with Crippen LogP contribution in [0.1, 0.15) is 5.89 Å². The highest BCUT2D eigenvalue weighted by molar-refractivity contribution is 5.82. The van der Waals surface area contributed by atoms with E-state index < -0.39 is 0 Å². The molecule has 2 aromatic heterocycles. The van der Waals surface area contributed by atoms with E-state index in [9.17, 15) is 9.90 Å². The van der Waals surface area contributed by atoms with Crippen molar-refractivity contribution in [3.05, 3.63) is 89.1 Å². The smallest absolute Gasteiger partial charge is 0.254 e. The number of ether oxygens (including phenoxy) is 2. The van der Waals surface area contributed by atoms with Gasteiger partial charge in [-0.25, -0.2) is 0 Å². The molecule has 0 aliphatic carbocycles. The second kappa shape index (κ2) is 8.51. The summed E-state index contributed by atoms with van der Waals surface area (Å²) in [5.74, 6) is 2.04. The van der Waals surface area contributed by atoms with Gasteiger partial charge in [0, 0.05) is 11.6 Å². The van der Waals surface area contributed by atoms with Gasteiger partial charge in [-0.3, -0.25) is 4.79 Å². The van der Waals surface area contributed by atoms with Gasteiger partial charge in [0.25, 0.3) is 5.89 Å². The molecule has 0 saturated carbocycles. The molecule has 0 amide bonds. The molecule has 8 nitrogen and oxygen atoms in total. The fourth-order valence-corrected chi connectivity index (χ4v) is 3.35. The zero-order valence-corrected chi connectivity index (χ0v) is 17.5. The number of fused-ring (bicyclic) bond motifs is 1. The van der Waals surface area contributed by atoms with Crippen molar-refractivity contribution in [3.63, 3.8) is 0 Å². The maximum absolute atomic E-state index is 12.9. The molecule has 3 aromatic carbocycles. The Morgan fingerprint density at radius 3 is 2.39 bits per heavy atom. The number of aromatic hydroxyl groups is 1. The molecular weight excluding hydrogens is 424 g/mol. The fraction of sp³-hybridized carbons (Fsp3) is 0.0800. The molecule has 2 heterocycles. The lowest BCUT2D eigenvalue weighted by molar-refractivity contribution is 0.264. The lowest BCUT2D eigenvalue weighted by atomic mass is 10.1. The van der Waals surface area contributed by atoms with Gasteiger partial charge in [-0.1, -0.05) is 12.1 Å². The molecule has 0 unspecified atom stereocenters. The quantitative estimate of drug-likeness (QED) is 0.399. The average Bonchev–Trinajstić information content (AvgIpc) is 3.33. The second-order valence-electron chi connectivity index (χ2n) is 7.20. The molecule has 0 aliphatic heterocycles. The zero-order valence-electron chi connectivity index (χ0n) is 17.5. The van der Waals surface area contributed by atoms with Crippen molar-refractivity contribution in [1.82, 2.24) is 10.2 Å². The lowest BCUT2D eigenvalue weighted by Gasteiger charge is -2.06. The number of hydrogen-bond donors (Lipinski definition) is 1. The van der Waals surface area contributed by atoms with E-state index in [1.807, 2.05) is 24.3 Å². The first-order chi connectivity index (χ1) is 16.1. The topological polar surface area (TPSA) is 108 Å². The normalized spacial score (nSPS) is 10.9. The third-order valence-electron chi connectivity index (χ3n) is 5.09. The number of phenolic OH excluding ortho intramolecular Hbond substituents is 1. The molecule has 0 spiro atoms. The van der Waals surface area contributed by atoms with E-state index in [0.29, 0.717) is 39.6 Å². The average molecular weight is 442 g/mol. The number of phenols is 1. The maximum atomic E-state index is 12.9. The molecular formula is C25H18N2O6. The molecule has 0 radical (unpaired) electrons. The van der Waals surface area contributed by atoms with Crippen molar-refractivity contribution in [2.45, 2.75) is 6.61 Å². The van der Waals surface area contributed by atoms with Crippen molar-refractivity contribution in [3.8, 4) is 39.8 Å². The van der Waals surface area contributed by atoms with Crippen molar-refractivity contribution >= 4 is 11.0 Å². The summed E-state index contributed by atoms with van der Waals surface area (Å²) in [6, 6.07) is 18.6. The van der Waals surface area contributed by atoms with E-state index in [4.69, 9.17) is 18.3 Å². The van der Waals surface area contributed by atoms with E-state index in [-0.39, 0.29) is 17.8 Å². The molecule has 5 rings (SSSR count). The molecule has 1 N–H and O–H groups in total. The van der Waals surface area contributed by atoms with E-state index in [2.05, 4.69) is 10.2 Å². The number of aromatic nitrogens is 2. The minimum atomic E-state index is -0.172. The van der Waals surface area contributed by atoms with E-state index in [0.717, 1.165) is 11.3 Å². The number of nitrogens with zero attached hydrogens (tertiary/aromatic N) is 2. The maximum Gasteiger partial charge on any atom is 0.254 e. The SMILES string of the molecule is COc1ccc(-c2nnc(COc3ccc4c(=O)c(-c5ccc(O)cc5)coc4c3)o2)cc1. The Hall–Kier alpha value is -4.59. The number of benzene rings is 3. The van der Waals surface area contributed by atoms with Crippen LogP contribution in [0.25, 0.3) is 33.6 Å². The van der Waals surface area contributed by atoms with Crippen molar-refractivity contribution in [1.29, 1.82) is 0 Å². The molecule has 0 atom stereocenters. The first kappa shape index (κ1) is 20.3. The van der Waals surface area contributed by atoms with Crippen LogP contribution in [-0.2, 0) is 6.61 Å². The first-order valence-electron chi connectivity index (χ1n) is 10.1. The predicted octanol–water partition coefficient (Wildman–Crippen LogP) is 4.80. The van der Waals surface area contributed by atoms with Gasteiger partial charge in [0.15, 0.2) is 12.0 Å². The monoisotopic (exact) mass is 442 g/mol. The van der Waals surface area contributed by atoms with Crippen LogP contribution in [0.15, 0.2) is 86.6 Å². The number of hydrogen-bond acceptors (Lipinski definition) is 8. The van der Waals surface area contributed by atoms with Crippen LogP contribution >= 0.6 is 0 Å². The largest absolute Gasteiger partial charge is 0.508 e. The molecule has 164 valence electrons. The third-order valence-corrected chi connectivity index (χ3v) is 5.09. The minimum absolute atomic E-state index is 0.0600. The lowest BCUT2D eigenvalue weighted by Crippen LogP contribution is -2.05. The summed E-state index contributed by atoms with van der Waals surface area (Å²) in [5.41, 5.74) is 2.06. The molecule has 5 aromatic rings. The van der Waals surface area contributed by atoms with E-state index in [1.165, 1.54) is 18.4 Å². The summed E-state index contributed by atoms with van der Waals surface area (Å²) in [5, 5.41) is 17.9. The van der Waals surface area contributed by atoms with Crippen LogP contribution < -0.4 is 14.9 Å². The summed E-state index contributed by atoms with van der Waals surface area (Å²) >= 11 is 0. The highest BCUT2D eigenvalue weighted by Crippen LogP contribution is 2.25. The van der Waals surface area contributed by atoms with Gasteiger partial charge in [-0.05, 0) is 54.1 Å². The van der Waals surface area contributed by atoms with E-state index >= 15 is 0 Å². The summed E-state index contributed by atoms with van der Waals surface area (Å²) in [7, 11) is 1.60. The molecule has 8 heteroatoms. The van der Waals surface area contributed by atoms with Crippen LogP contribution in [0, 0.1) is 0 Å². The van der Waals surface area contributed by atoms with Crippen LogP contribution in [0.2, 0.25) is 0 Å². The summed E-state index contributed by atoms with van der Waals surface area (Å²) < 4.78 is 22.2. The van der Waals surface area contributed by atoms with Crippen molar-refractivity contribution < 1.29 is 23.4 Å². The van der Waals surface area contributed by atoms with Gasteiger partial charge in [0.1, 0.15) is 29.1 Å². The van der Waals surface area contributed by atoms with Gasteiger partial charge in [-0.15, -0.1) is 10.2 Å². The molecule has 0 fully saturated rings. The van der Waals surface area contributed by atoms with E-state index in [1.54, 1.807) is 37.4 Å². The van der Waals surface area contributed by atoms with Gasteiger partial charge in [0.2, 0.25) is 5.89 Å². The predicted molar refractivity (Wildman–Crippen MR) is 120 cm³/mol. The summed E-state index contributed by atoms with van der Waals surface area (Å²) in [4.78, 5) is 12.9. The standard InChI is InChI=1S/C25H18N2O6/c1-30-18-8-4-16(5-9-18)25-27-26-23(33-25)14-31-19-10-11-20-22(12-19)32-13-21(24(20)29)15-2-6-17(28)7-3-15/h2-13,28H,14H2,1H3. The highest BCUT2D eigenvalue weighted by Gasteiger charge is 2.12. The highest BCUT2D eigenvalue weighted by atomic mass is 16.5. The van der Waals surface area contributed by atoms with Gasteiger partial charge in [0.05, 0.1) is 18.1 Å². The number of rotatable bonds is 6. The minimum Gasteiger partial charge on any atom is -0.508 e. The Bertz CT molecular complexity index is 1470. The zero-order chi connectivity index (χ0) is 22.8. The molecule has 0 aliphatic rings. The summed E-state index contributed by atoms with van der Waals surface area (Å²) in [6.45, 7) is 0.0600. The van der Waals surface area contributed by atoms with Crippen molar-refractivity contribution in [2.24, 2.45) is 0 Å². The van der Waals surface area contributed by atoms with Crippen LogP contribution in [0.4, 0.5) is 0 Å². The Morgan fingerprint density at radius 2 is 1.64 bits per heavy atom.